The molecule has 7 atom stereocenters. The van der Waals surface area contributed by atoms with E-state index in [4.69, 9.17) is 9.47 Å². The Morgan fingerprint density at radius 2 is 1.78 bits per heavy atom. The number of likely N-dealkylation sites (tertiary alicyclic amines) is 1. The van der Waals surface area contributed by atoms with Gasteiger partial charge in [0.1, 0.15) is 23.7 Å². The van der Waals surface area contributed by atoms with Crippen molar-refractivity contribution in [3.8, 4) is 0 Å². The van der Waals surface area contributed by atoms with Crippen LogP contribution < -0.4 is 15.1 Å². The Kier molecular flexibility index (Phi) is 9.69. The number of esters is 1. The third kappa shape index (κ3) is 5.88. The molecule has 4 heterocycles. The van der Waals surface area contributed by atoms with E-state index in [-0.39, 0.29) is 43.8 Å². The number of nitrogens with zero attached hydrogens (tertiary/aromatic N) is 3. The maximum Gasteiger partial charge on any atom is 0.313 e. The van der Waals surface area contributed by atoms with Gasteiger partial charge in [-0.25, -0.2) is 0 Å². The van der Waals surface area contributed by atoms with Crippen LogP contribution in [0.2, 0.25) is 0 Å². The fourth-order valence-electron chi connectivity index (χ4n) is 7.24. The molecule has 5 rings (SSSR count). The molecule has 4 aliphatic rings. The first kappa shape index (κ1) is 32.7. The number of fused-ring (bicyclic) bond motifs is 2. The van der Waals surface area contributed by atoms with Crippen molar-refractivity contribution in [1.29, 1.82) is 0 Å². The van der Waals surface area contributed by atoms with Crippen LogP contribution in [0.3, 0.4) is 0 Å². The molecule has 2 saturated heterocycles. The topological polar surface area (TPSA) is 129 Å². The highest BCUT2D eigenvalue weighted by molar-refractivity contribution is 6.05. The predicted molar refractivity (Wildman–Crippen MR) is 169 cm³/mol. The van der Waals surface area contributed by atoms with E-state index in [0.29, 0.717) is 12.1 Å². The number of aliphatic hydroxyl groups is 1. The lowest BCUT2D eigenvalue weighted by Crippen LogP contribution is -2.59. The van der Waals surface area contributed by atoms with E-state index < -0.39 is 53.6 Å². The summed E-state index contributed by atoms with van der Waals surface area (Å²) in [4.78, 5) is 60.7. The molecule has 1 aromatic rings. The molecule has 0 saturated carbocycles. The summed E-state index contributed by atoms with van der Waals surface area (Å²) in [6.07, 6.45) is 6.30. The molecule has 244 valence electrons. The number of benzene rings is 1. The van der Waals surface area contributed by atoms with Crippen LogP contribution in [0.25, 0.3) is 0 Å². The van der Waals surface area contributed by atoms with Crippen molar-refractivity contribution in [3.63, 3.8) is 0 Å². The third-order valence-corrected chi connectivity index (χ3v) is 9.58. The minimum atomic E-state index is -1.47. The number of anilines is 2. The van der Waals surface area contributed by atoms with Crippen LogP contribution in [-0.4, -0.2) is 96.4 Å². The molecule has 2 fully saturated rings. The van der Waals surface area contributed by atoms with Gasteiger partial charge in [0, 0.05) is 37.4 Å². The van der Waals surface area contributed by atoms with E-state index in [9.17, 15) is 24.3 Å². The van der Waals surface area contributed by atoms with Crippen molar-refractivity contribution in [1.82, 2.24) is 10.2 Å². The van der Waals surface area contributed by atoms with Gasteiger partial charge < -0.3 is 34.6 Å². The molecule has 1 aromatic carbocycles. The highest BCUT2D eigenvalue weighted by atomic mass is 16.6. The average molecular weight is 623 g/mol. The number of allylic oxidation sites excluding steroid dienone is 1. The minimum Gasteiger partial charge on any atom is -0.460 e. The maximum absolute atomic E-state index is 14.7. The molecule has 0 aromatic heterocycles. The Bertz CT molecular complexity index is 1340. The maximum atomic E-state index is 14.7. The Labute approximate surface area is 265 Å². The highest BCUT2D eigenvalue weighted by Crippen LogP contribution is 2.54. The van der Waals surface area contributed by atoms with Crippen LogP contribution in [0, 0.1) is 17.8 Å². The van der Waals surface area contributed by atoms with Crippen molar-refractivity contribution in [2.45, 2.75) is 77.4 Å². The molecule has 11 nitrogen and oxygen atoms in total. The normalized spacial score (nSPS) is 31.7. The quantitative estimate of drug-likeness (QED) is 0.351. The van der Waals surface area contributed by atoms with Gasteiger partial charge in [-0.15, -0.1) is 0 Å². The molecule has 0 bridgehead atoms. The average Bonchev–Trinajstić information content (AvgIpc) is 3.40. The lowest BCUT2D eigenvalue weighted by atomic mass is 9.78. The van der Waals surface area contributed by atoms with Crippen LogP contribution in [-0.2, 0) is 28.7 Å². The molecule has 45 heavy (non-hydrogen) atoms. The lowest BCUT2D eigenvalue weighted by Gasteiger charge is -2.39. The number of cyclic esters (lactones) is 1. The number of carbonyl (C=O) groups is 4. The van der Waals surface area contributed by atoms with E-state index >= 15 is 0 Å². The Hall–Kier alpha value is -3.70. The van der Waals surface area contributed by atoms with E-state index in [1.54, 1.807) is 30.1 Å². The SMILES string of the molecule is CCN(CC)c1ccc(N2CC=C[C@]34O[C@@H]5/C=C\CCC(=O)NC[C@@H](C)OC(=O)[C@@H]5[C@H]3C(=O)N([C@@H](CO)C(C)C)[C@@H]4C2=O)cc1. The van der Waals surface area contributed by atoms with Crippen LogP contribution >= 0.6 is 0 Å². The van der Waals surface area contributed by atoms with E-state index in [2.05, 4.69) is 24.1 Å². The van der Waals surface area contributed by atoms with Gasteiger partial charge in [0.2, 0.25) is 11.8 Å². The summed E-state index contributed by atoms with van der Waals surface area (Å²) in [5.41, 5.74) is 0.247. The first-order chi connectivity index (χ1) is 21.6. The minimum absolute atomic E-state index is 0.144. The third-order valence-electron chi connectivity index (χ3n) is 9.58. The number of carbonyl (C=O) groups excluding carboxylic acids is 4. The summed E-state index contributed by atoms with van der Waals surface area (Å²) >= 11 is 0. The smallest absolute Gasteiger partial charge is 0.313 e. The zero-order valence-corrected chi connectivity index (χ0v) is 26.8. The van der Waals surface area contributed by atoms with Gasteiger partial charge in [0.05, 0.1) is 31.2 Å². The zero-order chi connectivity index (χ0) is 32.5. The molecule has 0 unspecified atom stereocenters. The molecule has 4 aliphatic heterocycles. The van der Waals surface area contributed by atoms with Gasteiger partial charge in [-0.2, -0.15) is 0 Å². The number of hydrogen-bond acceptors (Lipinski definition) is 8. The molecular weight excluding hydrogens is 576 g/mol. The highest BCUT2D eigenvalue weighted by Gasteiger charge is 2.72. The summed E-state index contributed by atoms with van der Waals surface area (Å²) in [7, 11) is 0. The Morgan fingerprint density at radius 1 is 1.07 bits per heavy atom. The zero-order valence-electron chi connectivity index (χ0n) is 26.8. The number of hydrogen-bond donors (Lipinski definition) is 2. The van der Waals surface area contributed by atoms with Gasteiger partial charge in [-0.3, -0.25) is 19.2 Å². The number of amides is 3. The number of rotatable bonds is 7. The monoisotopic (exact) mass is 622 g/mol. The van der Waals surface area contributed by atoms with E-state index in [1.165, 1.54) is 4.90 Å². The van der Waals surface area contributed by atoms with Crippen molar-refractivity contribution in [2.75, 3.05) is 42.6 Å². The second kappa shape index (κ2) is 13.3. The summed E-state index contributed by atoms with van der Waals surface area (Å²) in [5, 5.41) is 13.3. The van der Waals surface area contributed by atoms with Gasteiger partial charge >= 0.3 is 5.97 Å². The Morgan fingerprint density at radius 3 is 2.42 bits per heavy atom. The second-order valence-corrected chi connectivity index (χ2v) is 12.6. The van der Waals surface area contributed by atoms with E-state index in [0.717, 1.165) is 18.8 Å². The van der Waals surface area contributed by atoms with Crippen LogP contribution in [0.5, 0.6) is 0 Å². The summed E-state index contributed by atoms with van der Waals surface area (Å²) < 4.78 is 12.5. The van der Waals surface area contributed by atoms with Crippen molar-refractivity contribution in [3.05, 3.63) is 48.6 Å². The molecule has 0 aliphatic carbocycles. The van der Waals surface area contributed by atoms with Gasteiger partial charge in [-0.05, 0) is 57.4 Å². The largest absolute Gasteiger partial charge is 0.460 e. The van der Waals surface area contributed by atoms with E-state index in [1.807, 2.05) is 44.2 Å². The first-order valence-electron chi connectivity index (χ1n) is 16.2. The molecule has 0 radical (unpaired) electrons. The van der Waals surface area contributed by atoms with Crippen LogP contribution in [0.15, 0.2) is 48.6 Å². The van der Waals surface area contributed by atoms with Gasteiger partial charge in [0.15, 0.2) is 0 Å². The van der Waals surface area contributed by atoms with Crippen molar-refractivity contribution < 1.29 is 33.8 Å². The second-order valence-electron chi connectivity index (χ2n) is 12.6. The molecule has 1 spiro atoms. The molecule has 3 amide bonds. The summed E-state index contributed by atoms with van der Waals surface area (Å²) in [5.74, 6) is -3.80. The van der Waals surface area contributed by atoms with Crippen LogP contribution in [0.1, 0.15) is 47.5 Å². The number of nitrogens with one attached hydrogen (secondary N) is 1. The van der Waals surface area contributed by atoms with Crippen molar-refractivity contribution >= 4 is 35.1 Å². The standard InChI is InChI=1S/C34H46N4O7/c1-6-36(7-2)23-13-15-24(16-14-23)37-18-10-17-34-29(31(41)38(30(34)32(37)42)25(20-39)21(3)4)28-26(45-34)11-8-9-12-27(40)35-19-22(5)44-33(28)43/h8,10-11,13-17,21-22,25-26,28-30,39H,6-7,9,12,18-20H2,1-5H3,(H,35,40)/b11-8-/t22-,25+,26-,28+,29+,30-,34+/m1/s1. The lowest BCUT2D eigenvalue weighted by molar-refractivity contribution is -0.159. The fourth-order valence-corrected chi connectivity index (χ4v) is 7.24. The molecule has 11 heteroatoms. The van der Waals surface area contributed by atoms with Gasteiger partial charge in [-0.1, -0.05) is 38.2 Å². The first-order valence-corrected chi connectivity index (χ1v) is 16.2. The van der Waals surface area contributed by atoms with Gasteiger partial charge in [0.25, 0.3) is 5.91 Å². The number of aliphatic hydroxyl groups excluding tert-OH is 1. The van der Waals surface area contributed by atoms with Crippen LogP contribution in [0.4, 0.5) is 11.4 Å². The number of ether oxygens (including phenoxy) is 2. The summed E-state index contributed by atoms with van der Waals surface area (Å²) in [6, 6.07) is 5.97. The fraction of sp³-hybridized carbons (Fsp3) is 0.588. The van der Waals surface area contributed by atoms with Crippen molar-refractivity contribution in [2.24, 2.45) is 17.8 Å². The Balaban J connectivity index is 1.59. The summed E-state index contributed by atoms with van der Waals surface area (Å²) in [6.45, 7) is 11.4. The molecule has 2 N–H and O–H groups in total. The predicted octanol–water partition coefficient (Wildman–Crippen LogP) is 2.43. The molecular formula is C34H46N4O7.